The number of nitrogens with zero attached hydrogens (tertiary/aromatic N) is 2. The molecule has 1 saturated carbocycles. The van der Waals surface area contributed by atoms with E-state index in [1.807, 2.05) is 0 Å². The molecular weight excluding hydrogens is 460 g/mol. The lowest BCUT2D eigenvalue weighted by Gasteiger charge is -2.52. The zero-order valence-electron chi connectivity index (χ0n) is 22.1. The molecule has 0 spiro atoms. The largest absolute Gasteiger partial charge is 0.461 e. The maximum atomic E-state index is 13.1. The van der Waals surface area contributed by atoms with Crippen molar-refractivity contribution in [3.63, 3.8) is 0 Å². The maximum Gasteiger partial charge on any atom is 0.311 e. The van der Waals surface area contributed by atoms with Gasteiger partial charge < -0.3 is 9.84 Å². The molecule has 2 aromatic carbocycles. The Morgan fingerprint density at radius 1 is 1.00 bits per heavy atom. The second kappa shape index (κ2) is 10.0. The molecular formula is C32H40N2O3. The number of esters is 1. The number of allylic oxidation sites excluding steroid dienone is 1. The van der Waals surface area contributed by atoms with E-state index in [9.17, 15) is 9.90 Å². The molecule has 0 bridgehead atoms. The van der Waals surface area contributed by atoms with Gasteiger partial charge in [-0.2, -0.15) is 0 Å². The third-order valence-electron chi connectivity index (χ3n) is 10.0. The van der Waals surface area contributed by atoms with Crippen LogP contribution in [0.4, 0.5) is 0 Å². The van der Waals surface area contributed by atoms with E-state index in [1.165, 1.54) is 16.7 Å². The fourth-order valence-electron chi connectivity index (χ4n) is 7.64. The van der Waals surface area contributed by atoms with Crippen molar-refractivity contribution >= 4 is 5.97 Å². The SMILES string of the molecule is CC1CCC=C2C[C@H]3OC(=O)C(CN4CCN(C(c5ccccc5)c5ccccc5)CC4)[C@H]3C(O)[C@@]21C. The molecule has 37 heavy (non-hydrogen) atoms. The van der Waals surface area contributed by atoms with Crippen molar-refractivity contribution in [3.05, 3.63) is 83.4 Å². The Hall–Kier alpha value is -2.47. The number of ether oxygens (including phenoxy) is 1. The number of carbonyl (C=O) groups excluding carboxylic acids is 1. The Balaban J connectivity index is 1.16. The Morgan fingerprint density at radius 3 is 2.24 bits per heavy atom. The molecule has 3 fully saturated rings. The van der Waals surface area contributed by atoms with Crippen molar-refractivity contribution in [2.75, 3.05) is 32.7 Å². The average molecular weight is 501 g/mol. The summed E-state index contributed by atoms with van der Waals surface area (Å²) in [5.41, 5.74) is 3.68. The maximum absolute atomic E-state index is 13.1. The minimum Gasteiger partial charge on any atom is -0.461 e. The van der Waals surface area contributed by atoms with Crippen LogP contribution in [0.1, 0.15) is 50.3 Å². The highest BCUT2D eigenvalue weighted by Crippen LogP contribution is 2.56. The molecule has 6 atom stereocenters. The van der Waals surface area contributed by atoms with E-state index in [2.05, 4.69) is 90.4 Å². The highest BCUT2D eigenvalue weighted by molar-refractivity contribution is 5.76. The summed E-state index contributed by atoms with van der Waals surface area (Å²) in [5.74, 6) is -0.0672. The van der Waals surface area contributed by atoms with Gasteiger partial charge in [0.15, 0.2) is 0 Å². The lowest BCUT2D eigenvalue weighted by Crippen LogP contribution is -2.55. The van der Waals surface area contributed by atoms with Crippen molar-refractivity contribution < 1.29 is 14.6 Å². The number of hydrogen-bond acceptors (Lipinski definition) is 5. The third kappa shape index (κ3) is 4.35. The first-order chi connectivity index (χ1) is 18.0. The van der Waals surface area contributed by atoms with E-state index in [0.717, 1.165) is 45.4 Å². The predicted molar refractivity (Wildman–Crippen MR) is 145 cm³/mol. The molecule has 2 aliphatic carbocycles. The lowest BCUT2D eigenvalue weighted by atomic mass is 9.55. The molecule has 3 unspecified atom stereocenters. The predicted octanol–water partition coefficient (Wildman–Crippen LogP) is 4.68. The Bertz CT molecular complexity index is 1090. The van der Waals surface area contributed by atoms with Gasteiger partial charge in [-0.15, -0.1) is 0 Å². The summed E-state index contributed by atoms with van der Waals surface area (Å²) in [5, 5.41) is 11.7. The smallest absolute Gasteiger partial charge is 0.311 e. The molecule has 1 N–H and O–H groups in total. The van der Waals surface area contributed by atoms with Crippen LogP contribution in [0.3, 0.4) is 0 Å². The zero-order chi connectivity index (χ0) is 25.6. The number of aliphatic hydroxyl groups is 1. The van der Waals surface area contributed by atoms with Crippen LogP contribution in [-0.4, -0.2) is 65.8 Å². The number of fused-ring (bicyclic) bond motifs is 2. The number of piperazine rings is 1. The van der Waals surface area contributed by atoms with Gasteiger partial charge in [-0.25, -0.2) is 0 Å². The topological polar surface area (TPSA) is 53.0 Å². The minimum atomic E-state index is -0.536. The molecule has 2 saturated heterocycles. The van der Waals surface area contributed by atoms with Crippen molar-refractivity contribution in [3.8, 4) is 0 Å². The lowest BCUT2D eigenvalue weighted by molar-refractivity contribution is -0.145. The second-order valence-corrected chi connectivity index (χ2v) is 11.9. The summed E-state index contributed by atoms with van der Waals surface area (Å²) in [4.78, 5) is 18.1. The quantitative estimate of drug-likeness (QED) is 0.477. The van der Waals surface area contributed by atoms with Crippen LogP contribution in [0.15, 0.2) is 72.3 Å². The van der Waals surface area contributed by atoms with Crippen LogP contribution in [0.5, 0.6) is 0 Å². The van der Waals surface area contributed by atoms with Crippen LogP contribution >= 0.6 is 0 Å². The number of carbonyl (C=O) groups is 1. The molecule has 196 valence electrons. The molecule has 4 aliphatic rings. The highest BCUT2D eigenvalue weighted by atomic mass is 16.6. The second-order valence-electron chi connectivity index (χ2n) is 11.9. The standard InChI is InChI=1S/C32H40N2O3/c1-22-10-9-15-25-20-27-28(30(35)32(22,25)2)26(31(36)37-27)21-33-16-18-34(19-17-33)29(23-11-5-3-6-12-23)24-13-7-4-8-14-24/h3-8,11-15,22,26-30,35H,9-10,16-21H2,1-2H3/t22?,26?,27-,28-,30?,32-/m1/s1. The molecule has 0 radical (unpaired) electrons. The fraction of sp³-hybridized carbons (Fsp3) is 0.531. The van der Waals surface area contributed by atoms with Gasteiger partial charge in [-0.3, -0.25) is 14.6 Å². The van der Waals surface area contributed by atoms with Crippen LogP contribution in [-0.2, 0) is 9.53 Å². The summed E-state index contributed by atoms with van der Waals surface area (Å²) in [6.07, 6.45) is 4.53. The van der Waals surface area contributed by atoms with Gasteiger partial charge in [-0.1, -0.05) is 86.2 Å². The number of hydrogen-bond donors (Lipinski definition) is 1. The van der Waals surface area contributed by atoms with Gasteiger partial charge >= 0.3 is 5.97 Å². The van der Waals surface area contributed by atoms with E-state index in [1.54, 1.807) is 0 Å². The Morgan fingerprint density at radius 2 is 1.62 bits per heavy atom. The van der Waals surface area contributed by atoms with E-state index in [4.69, 9.17) is 4.74 Å². The minimum absolute atomic E-state index is 0.113. The first-order valence-corrected chi connectivity index (χ1v) is 14.1. The van der Waals surface area contributed by atoms with Crippen molar-refractivity contribution in [1.29, 1.82) is 0 Å². The van der Waals surface area contributed by atoms with Gasteiger partial charge in [0.05, 0.1) is 18.1 Å². The fourth-order valence-corrected chi connectivity index (χ4v) is 7.64. The van der Waals surface area contributed by atoms with Gasteiger partial charge in [-0.05, 0) is 29.9 Å². The Kier molecular flexibility index (Phi) is 6.72. The Labute approximate surface area is 221 Å². The summed E-state index contributed by atoms with van der Waals surface area (Å²) in [7, 11) is 0. The molecule has 2 aliphatic heterocycles. The number of aliphatic hydroxyl groups excluding tert-OH is 1. The van der Waals surface area contributed by atoms with Crippen LogP contribution < -0.4 is 0 Å². The van der Waals surface area contributed by atoms with Crippen molar-refractivity contribution in [1.82, 2.24) is 9.80 Å². The molecule has 2 aromatic rings. The number of benzene rings is 2. The van der Waals surface area contributed by atoms with Crippen LogP contribution in [0.25, 0.3) is 0 Å². The van der Waals surface area contributed by atoms with E-state index in [0.29, 0.717) is 12.5 Å². The van der Waals surface area contributed by atoms with Gasteiger partial charge in [0.25, 0.3) is 0 Å². The normalized spacial score (nSPS) is 34.5. The summed E-state index contributed by atoms with van der Waals surface area (Å²) >= 11 is 0. The summed E-state index contributed by atoms with van der Waals surface area (Å²) in [6, 6.07) is 21.7. The summed E-state index contributed by atoms with van der Waals surface area (Å²) < 4.78 is 5.92. The van der Waals surface area contributed by atoms with Gasteiger partial charge in [0, 0.05) is 50.5 Å². The third-order valence-corrected chi connectivity index (χ3v) is 10.0. The van der Waals surface area contributed by atoms with Crippen LogP contribution in [0, 0.1) is 23.2 Å². The zero-order valence-corrected chi connectivity index (χ0v) is 22.1. The molecule has 6 rings (SSSR count). The molecule has 5 nitrogen and oxygen atoms in total. The molecule has 0 amide bonds. The van der Waals surface area contributed by atoms with Gasteiger partial charge in [0.2, 0.25) is 0 Å². The first kappa shape index (κ1) is 24.8. The first-order valence-electron chi connectivity index (χ1n) is 14.1. The summed E-state index contributed by atoms with van der Waals surface area (Å²) in [6.45, 7) is 8.85. The van der Waals surface area contributed by atoms with Crippen molar-refractivity contribution in [2.24, 2.45) is 23.2 Å². The molecule has 0 aromatic heterocycles. The highest BCUT2D eigenvalue weighted by Gasteiger charge is 2.59. The van der Waals surface area contributed by atoms with Gasteiger partial charge in [0.1, 0.15) is 6.10 Å². The van der Waals surface area contributed by atoms with E-state index >= 15 is 0 Å². The molecule has 2 heterocycles. The average Bonchev–Trinajstić information content (AvgIpc) is 3.23. The van der Waals surface area contributed by atoms with Crippen molar-refractivity contribution in [2.45, 2.75) is 51.4 Å². The van der Waals surface area contributed by atoms with Crippen LogP contribution in [0.2, 0.25) is 0 Å². The number of rotatable bonds is 5. The monoisotopic (exact) mass is 500 g/mol. The van der Waals surface area contributed by atoms with E-state index < -0.39 is 6.10 Å². The van der Waals surface area contributed by atoms with E-state index in [-0.39, 0.29) is 35.4 Å². The molecule has 5 heteroatoms.